The Morgan fingerprint density at radius 3 is 2.85 bits per heavy atom. The van der Waals surface area contributed by atoms with Gasteiger partial charge in [-0.15, -0.1) is 12.3 Å². The van der Waals surface area contributed by atoms with Crippen molar-refractivity contribution in [3.8, 4) is 18.0 Å². The maximum Gasteiger partial charge on any atom is 0.0645 e. The molecule has 0 saturated heterocycles. The number of terminal acetylenes is 1. The van der Waals surface area contributed by atoms with Gasteiger partial charge in [-0.1, -0.05) is 25.1 Å². The number of hydrogen-bond donors (Lipinski definition) is 1. The lowest BCUT2D eigenvalue weighted by molar-refractivity contribution is 0.502. The molecule has 1 atom stereocenters. The SMILES string of the molecule is C#CCCCC(NCC)c1cnn(-c2ccccc2)c1. The fourth-order valence-electron chi connectivity index (χ4n) is 2.28. The zero-order valence-corrected chi connectivity index (χ0v) is 11.9. The van der Waals surface area contributed by atoms with Crippen molar-refractivity contribution in [1.82, 2.24) is 15.1 Å². The Labute approximate surface area is 121 Å². The normalized spacial score (nSPS) is 12.0. The molecule has 1 N–H and O–H groups in total. The maximum absolute atomic E-state index is 5.32. The van der Waals surface area contributed by atoms with Crippen molar-refractivity contribution in [2.75, 3.05) is 6.54 Å². The molecule has 0 spiro atoms. The van der Waals surface area contributed by atoms with E-state index in [1.807, 2.05) is 29.1 Å². The van der Waals surface area contributed by atoms with E-state index < -0.39 is 0 Å². The van der Waals surface area contributed by atoms with Crippen LogP contribution in [0.25, 0.3) is 5.69 Å². The van der Waals surface area contributed by atoms with Crippen molar-refractivity contribution in [3.05, 3.63) is 48.3 Å². The molecule has 1 unspecified atom stereocenters. The third kappa shape index (κ3) is 3.72. The molecule has 0 aliphatic rings. The van der Waals surface area contributed by atoms with Gasteiger partial charge in [-0.2, -0.15) is 5.10 Å². The van der Waals surface area contributed by atoms with E-state index in [0.717, 1.165) is 31.5 Å². The van der Waals surface area contributed by atoms with Crippen LogP contribution in [-0.2, 0) is 0 Å². The van der Waals surface area contributed by atoms with Crippen LogP contribution >= 0.6 is 0 Å². The molecule has 0 bridgehead atoms. The van der Waals surface area contributed by atoms with E-state index in [2.05, 4.69) is 41.6 Å². The van der Waals surface area contributed by atoms with Crippen molar-refractivity contribution in [3.63, 3.8) is 0 Å². The van der Waals surface area contributed by atoms with E-state index in [1.165, 1.54) is 5.56 Å². The smallest absolute Gasteiger partial charge is 0.0645 e. The fourth-order valence-corrected chi connectivity index (χ4v) is 2.28. The van der Waals surface area contributed by atoms with Crippen molar-refractivity contribution in [1.29, 1.82) is 0 Å². The summed E-state index contributed by atoms with van der Waals surface area (Å²) < 4.78 is 1.92. The molecular weight excluding hydrogens is 246 g/mol. The van der Waals surface area contributed by atoms with Gasteiger partial charge in [0.25, 0.3) is 0 Å². The molecule has 1 heterocycles. The molecule has 0 fully saturated rings. The van der Waals surface area contributed by atoms with E-state index in [-0.39, 0.29) is 0 Å². The standard InChI is InChI=1S/C17H21N3/c1-3-5-7-12-17(18-4-2)15-13-19-20(14-15)16-10-8-6-9-11-16/h1,6,8-11,13-14,17-18H,4-5,7,12H2,2H3. The molecule has 2 rings (SSSR count). The Kier molecular flexibility index (Phi) is 5.40. The summed E-state index contributed by atoms with van der Waals surface area (Å²) in [5.41, 5.74) is 2.30. The largest absolute Gasteiger partial charge is 0.310 e. The summed E-state index contributed by atoms with van der Waals surface area (Å²) in [4.78, 5) is 0. The quantitative estimate of drug-likeness (QED) is 0.616. The summed E-state index contributed by atoms with van der Waals surface area (Å²) in [6, 6.07) is 10.5. The zero-order valence-electron chi connectivity index (χ0n) is 11.9. The Morgan fingerprint density at radius 1 is 1.35 bits per heavy atom. The zero-order chi connectivity index (χ0) is 14.2. The molecule has 3 heteroatoms. The number of nitrogens with one attached hydrogen (secondary N) is 1. The van der Waals surface area contributed by atoms with E-state index in [0.29, 0.717) is 6.04 Å². The number of hydrogen-bond acceptors (Lipinski definition) is 2. The van der Waals surface area contributed by atoms with Crippen LogP contribution in [0, 0.1) is 12.3 Å². The monoisotopic (exact) mass is 267 g/mol. The molecule has 1 aromatic heterocycles. The Bertz CT molecular complexity index is 551. The lowest BCUT2D eigenvalue weighted by Gasteiger charge is -2.15. The summed E-state index contributed by atoms with van der Waals surface area (Å²) in [6.07, 6.45) is 12.3. The molecule has 0 amide bonds. The molecule has 0 saturated carbocycles. The molecule has 0 radical (unpaired) electrons. The molecular formula is C17H21N3. The van der Waals surface area contributed by atoms with Crippen LogP contribution in [0.15, 0.2) is 42.7 Å². The minimum Gasteiger partial charge on any atom is -0.310 e. The van der Waals surface area contributed by atoms with Gasteiger partial charge in [0.1, 0.15) is 0 Å². The average Bonchev–Trinajstić information content (AvgIpc) is 2.97. The minimum absolute atomic E-state index is 0.325. The molecule has 0 aliphatic heterocycles. The lowest BCUT2D eigenvalue weighted by Crippen LogP contribution is -2.20. The predicted octanol–water partition coefficient (Wildman–Crippen LogP) is 3.33. The van der Waals surface area contributed by atoms with Gasteiger partial charge in [0.2, 0.25) is 0 Å². The number of rotatable bonds is 7. The Morgan fingerprint density at radius 2 is 2.15 bits per heavy atom. The van der Waals surface area contributed by atoms with Crippen LogP contribution in [0.4, 0.5) is 0 Å². The average molecular weight is 267 g/mol. The molecule has 1 aromatic carbocycles. The summed E-state index contributed by atoms with van der Waals surface area (Å²) in [5.74, 6) is 2.70. The molecule has 2 aromatic rings. The summed E-state index contributed by atoms with van der Waals surface area (Å²) in [7, 11) is 0. The highest BCUT2D eigenvalue weighted by Gasteiger charge is 2.12. The first-order chi connectivity index (χ1) is 9.85. The fraction of sp³-hybridized carbons (Fsp3) is 0.353. The molecule has 3 nitrogen and oxygen atoms in total. The number of nitrogens with zero attached hydrogens (tertiary/aromatic N) is 2. The summed E-state index contributed by atoms with van der Waals surface area (Å²) >= 11 is 0. The second-order valence-electron chi connectivity index (χ2n) is 4.76. The van der Waals surface area contributed by atoms with Crippen molar-refractivity contribution in [2.45, 2.75) is 32.2 Å². The second-order valence-corrected chi connectivity index (χ2v) is 4.76. The van der Waals surface area contributed by atoms with Crippen molar-refractivity contribution < 1.29 is 0 Å². The summed E-state index contributed by atoms with van der Waals surface area (Å²) in [6.45, 7) is 3.06. The van der Waals surface area contributed by atoms with Gasteiger partial charge in [0.05, 0.1) is 11.9 Å². The van der Waals surface area contributed by atoms with Gasteiger partial charge in [0.15, 0.2) is 0 Å². The van der Waals surface area contributed by atoms with Gasteiger partial charge in [-0.3, -0.25) is 0 Å². The van der Waals surface area contributed by atoms with Crippen molar-refractivity contribution in [2.24, 2.45) is 0 Å². The first kappa shape index (κ1) is 14.4. The Balaban J connectivity index is 2.10. The van der Waals surface area contributed by atoms with E-state index in [9.17, 15) is 0 Å². The van der Waals surface area contributed by atoms with Gasteiger partial charge in [-0.05, 0) is 31.5 Å². The van der Waals surface area contributed by atoms with Crippen LogP contribution in [0.5, 0.6) is 0 Å². The molecule has 104 valence electrons. The number of aromatic nitrogens is 2. The molecule has 20 heavy (non-hydrogen) atoms. The van der Waals surface area contributed by atoms with Gasteiger partial charge >= 0.3 is 0 Å². The van der Waals surface area contributed by atoms with Gasteiger partial charge in [-0.25, -0.2) is 4.68 Å². The molecule has 0 aliphatic carbocycles. The minimum atomic E-state index is 0.325. The summed E-state index contributed by atoms with van der Waals surface area (Å²) in [5, 5.41) is 7.95. The lowest BCUT2D eigenvalue weighted by atomic mass is 10.0. The maximum atomic E-state index is 5.32. The van der Waals surface area contributed by atoms with Crippen LogP contribution in [0.1, 0.15) is 37.8 Å². The Hall–Kier alpha value is -2.05. The van der Waals surface area contributed by atoms with Crippen LogP contribution in [-0.4, -0.2) is 16.3 Å². The van der Waals surface area contributed by atoms with Crippen molar-refractivity contribution >= 4 is 0 Å². The highest BCUT2D eigenvalue weighted by atomic mass is 15.3. The second kappa shape index (κ2) is 7.52. The predicted molar refractivity (Wildman–Crippen MR) is 82.7 cm³/mol. The first-order valence-electron chi connectivity index (χ1n) is 7.12. The van der Waals surface area contributed by atoms with Crippen LogP contribution < -0.4 is 5.32 Å². The van der Waals surface area contributed by atoms with E-state index >= 15 is 0 Å². The first-order valence-corrected chi connectivity index (χ1v) is 7.12. The number of para-hydroxylation sites is 1. The number of unbranched alkanes of at least 4 members (excludes halogenated alkanes) is 1. The van der Waals surface area contributed by atoms with E-state index in [4.69, 9.17) is 6.42 Å². The van der Waals surface area contributed by atoms with Gasteiger partial charge in [0, 0.05) is 24.2 Å². The topological polar surface area (TPSA) is 29.9 Å². The van der Waals surface area contributed by atoms with Gasteiger partial charge < -0.3 is 5.32 Å². The van der Waals surface area contributed by atoms with Crippen LogP contribution in [0.2, 0.25) is 0 Å². The number of benzene rings is 1. The van der Waals surface area contributed by atoms with Crippen LogP contribution in [0.3, 0.4) is 0 Å². The highest BCUT2D eigenvalue weighted by Crippen LogP contribution is 2.20. The third-order valence-electron chi connectivity index (χ3n) is 3.29. The van der Waals surface area contributed by atoms with E-state index in [1.54, 1.807) is 0 Å². The highest BCUT2D eigenvalue weighted by molar-refractivity contribution is 5.31. The third-order valence-corrected chi connectivity index (χ3v) is 3.29.